The SMILES string of the molecule is C=C[C@H](c1ccc(OC)c(OCc2ccccc2)c1)N1CCNCC1.Cl.Cl. The van der Waals surface area contributed by atoms with Gasteiger partial charge in [0, 0.05) is 26.2 Å². The fourth-order valence-electron chi connectivity index (χ4n) is 3.18. The molecule has 27 heavy (non-hydrogen) atoms. The van der Waals surface area contributed by atoms with Crippen LogP contribution in [0.2, 0.25) is 0 Å². The number of rotatable bonds is 7. The van der Waals surface area contributed by atoms with Crippen molar-refractivity contribution >= 4 is 24.8 Å². The van der Waals surface area contributed by atoms with Crippen LogP contribution >= 0.6 is 24.8 Å². The summed E-state index contributed by atoms with van der Waals surface area (Å²) in [5.74, 6) is 1.52. The Bertz CT molecular complexity index is 692. The standard InChI is InChI=1S/C21H26N2O2.2ClH/c1-3-19(23-13-11-22-12-14-23)18-9-10-20(24-2)21(15-18)25-16-17-7-5-4-6-8-17;;/h3-10,15,19,22H,1,11-14,16H2,2H3;2*1H/t19-;;/m1../s1. The molecule has 0 aromatic heterocycles. The Balaban J connectivity index is 0.00000182. The van der Waals surface area contributed by atoms with Gasteiger partial charge in [0.15, 0.2) is 11.5 Å². The second-order valence-corrected chi connectivity index (χ2v) is 6.15. The average Bonchev–Trinajstić information content (AvgIpc) is 2.69. The lowest BCUT2D eigenvalue weighted by Gasteiger charge is -2.33. The third-order valence-corrected chi connectivity index (χ3v) is 4.53. The summed E-state index contributed by atoms with van der Waals surface area (Å²) >= 11 is 0. The van der Waals surface area contributed by atoms with Crippen LogP contribution < -0.4 is 14.8 Å². The fourth-order valence-corrected chi connectivity index (χ4v) is 3.18. The molecule has 0 spiro atoms. The minimum absolute atomic E-state index is 0. The number of hydrogen-bond donors (Lipinski definition) is 1. The summed E-state index contributed by atoms with van der Waals surface area (Å²) in [6, 6.07) is 16.5. The summed E-state index contributed by atoms with van der Waals surface area (Å²) in [5.41, 5.74) is 2.32. The van der Waals surface area contributed by atoms with Crippen molar-refractivity contribution in [1.82, 2.24) is 10.2 Å². The fraction of sp³-hybridized carbons (Fsp3) is 0.333. The van der Waals surface area contributed by atoms with Gasteiger partial charge in [0.25, 0.3) is 0 Å². The minimum Gasteiger partial charge on any atom is -0.493 e. The Kier molecular flexibility index (Phi) is 10.3. The molecule has 1 N–H and O–H groups in total. The van der Waals surface area contributed by atoms with Gasteiger partial charge in [-0.3, -0.25) is 4.90 Å². The van der Waals surface area contributed by atoms with Crippen LogP contribution in [0.5, 0.6) is 11.5 Å². The lowest BCUT2D eigenvalue weighted by Crippen LogP contribution is -2.44. The monoisotopic (exact) mass is 410 g/mol. The highest BCUT2D eigenvalue weighted by atomic mass is 35.5. The zero-order chi connectivity index (χ0) is 17.5. The number of nitrogens with zero attached hydrogens (tertiary/aromatic N) is 1. The summed E-state index contributed by atoms with van der Waals surface area (Å²) in [6.45, 7) is 8.62. The van der Waals surface area contributed by atoms with Crippen LogP contribution in [-0.2, 0) is 6.61 Å². The molecule has 1 saturated heterocycles. The zero-order valence-corrected chi connectivity index (χ0v) is 17.2. The van der Waals surface area contributed by atoms with E-state index in [2.05, 4.69) is 41.1 Å². The van der Waals surface area contributed by atoms with Crippen LogP contribution in [0.15, 0.2) is 61.2 Å². The molecule has 0 aliphatic carbocycles. The predicted octanol–water partition coefficient (Wildman–Crippen LogP) is 4.25. The molecule has 3 rings (SSSR count). The van der Waals surface area contributed by atoms with Gasteiger partial charge in [-0.25, -0.2) is 0 Å². The van der Waals surface area contributed by atoms with E-state index in [0.717, 1.165) is 43.2 Å². The maximum absolute atomic E-state index is 6.05. The van der Waals surface area contributed by atoms with Crippen molar-refractivity contribution in [1.29, 1.82) is 0 Å². The molecule has 2 aromatic carbocycles. The number of hydrogen-bond acceptors (Lipinski definition) is 4. The van der Waals surface area contributed by atoms with Crippen molar-refractivity contribution < 1.29 is 9.47 Å². The molecule has 0 saturated carbocycles. The third kappa shape index (κ3) is 6.15. The van der Waals surface area contributed by atoms with Crippen LogP contribution in [0.3, 0.4) is 0 Å². The van der Waals surface area contributed by atoms with Gasteiger partial charge < -0.3 is 14.8 Å². The lowest BCUT2D eigenvalue weighted by molar-refractivity contribution is 0.202. The topological polar surface area (TPSA) is 33.7 Å². The normalized spacial score (nSPS) is 15.0. The Labute approximate surface area is 174 Å². The molecule has 1 heterocycles. The average molecular weight is 411 g/mol. The maximum atomic E-state index is 6.05. The van der Waals surface area contributed by atoms with Crippen molar-refractivity contribution in [2.45, 2.75) is 12.6 Å². The molecule has 1 aliphatic rings. The molecular weight excluding hydrogens is 383 g/mol. The van der Waals surface area contributed by atoms with Crippen LogP contribution in [0.1, 0.15) is 17.2 Å². The first-order chi connectivity index (χ1) is 12.3. The Morgan fingerprint density at radius 1 is 1.07 bits per heavy atom. The highest BCUT2D eigenvalue weighted by Gasteiger charge is 2.20. The van der Waals surface area contributed by atoms with E-state index in [4.69, 9.17) is 9.47 Å². The Morgan fingerprint density at radius 2 is 1.78 bits per heavy atom. The number of ether oxygens (including phenoxy) is 2. The number of methoxy groups -OCH3 is 1. The van der Waals surface area contributed by atoms with E-state index in [0.29, 0.717) is 6.61 Å². The first-order valence-corrected chi connectivity index (χ1v) is 8.74. The molecule has 1 fully saturated rings. The number of halogens is 2. The first-order valence-electron chi connectivity index (χ1n) is 8.74. The second kappa shape index (κ2) is 11.9. The quantitative estimate of drug-likeness (QED) is 0.691. The second-order valence-electron chi connectivity index (χ2n) is 6.15. The van der Waals surface area contributed by atoms with Gasteiger partial charge in [-0.1, -0.05) is 42.5 Å². The van der Waals surface area contributed by atoms with E-state index in [1.807, 2.05) is 30.3 Å². The van der Waals surface area contributed by atoms with E-state index < -0.39 is 0 Å². The van der Waals surface area contributed by atoms with E-state index in [1.54, 1.807) is 7.11 Å². The molecule has 2 aromatic rings. The van der Waals surface area contributed by atoms with Gasteiger partial charge in [-0.05, 0) is 23.3 Å². The van der Waals surface area contributed by atoms with Gasteiger partial charge in [0.2, 0.25) is 0 Å². The first kappa shape index (κ1) is 23.3. The summed E-state index contributed by atoms with van der Waals surface area (Å²) in [5, 5.41) is 3.39. The van der Waals surface area contributed by atoms with Crippen molar-refractivity contribution in [2.24, 2.45) is 0 Å². The molecule has 0 amide bonds. The molecule has 1 atom stereocenters. The van der Waals surface area contributed by atoms with E-state index >= 15 is 0 Å². The van der Waals surface area contributed by atoms with Crippen LogP contribution in [-0.4, -0.2) is 38.2 Å². The van der Waals surface area contributed by atoms with Gasteiger partial charge in [0.05, 0.1) is 13.2 Å². The Hall–Kier alpha value is -1.72. The summed E-state index contributed by atoms with van der Waals surface area (Å²) in [4.78, 5) is 2.44. The largest absolute Gasteiger partial charge is 0.493 e. The molecule has 4 nitrogen and oxygen atoms in total. The molecule has 1 aliphatic heterocycles. The highest BCUT2D eigenvalue weighted by molar-refractivity contribution is 5.85. The molecule has 0 radical (unpaired) electrons. The summed E-state index contributed by atoms with van der Waals surface area (Å²) in [7, 11) is 1.67. The van der Waals surface area contributed by atoms with Gasteiger partial charge in [0.1, 0.15) is 6.61 Å². The third-order valence-electron chi connectivity index (χ3n) is 4.53. The van der Waals surface area contributed by atoms with Crippen molar-refractivity contribution in [3.8, 4) is 11.5 Å². The van der Waals surface area contributed by atoms with E-state index in [-0.39, 0.29) is 30.9 Å². The molecule has 0 unspecified atom stereocenters. The van der Waals surface area contributed by atoms with Gasteiger partial charge in [-0.15, -0.1) is 31.4 Å². The number of piperazine rings is 1. The molecule has 148 valence electrons. The smallest absolute Gasteiger partial charge is 0.162 e. The molecular formula is C21H28Cl2N2O2. The Morgan fingerprint density at radius 3 is 2.41 bits per heavy atom. The van der Waals surface area contributed by atoms with Gasteiger partial charge in [-0.2, -0.15) is 0 Å². The maximum Gasteiger partial charge on any atom is 0.162 e. The lowest BCUT2D eigenvalue weighted by atomic mass is 10.0. The van der Waals surface area contributed by atoms with E-state index in [9.17, 15) is 0 Å². The molecule has 6 heteroatoms. The molecule has 0 bridgehead atoms. The number of nitrogens with one attached hydrogen (secondary N) is 1. The van der Waals surface area contributed by atoms with Crippen LogP contribution in [0, 0.1) is 0 Å². The van der Waals surface area contributed by atoms with Crippen LogP contribution in [0.4, 0.5) is 0 Å². The predicted molar refractivity (Wildman–Crippen MR) is 116 cm³/mol. The van der Waals surface area contributed by atoms with E-state index in [1.165, 1.54) is 5.56 Å². The summed E-state index contributed by atoms with van der Waals surface area (Å²) < 4.78 is 11.5. The zero-order valence-electron chi connectivity index (χ0n) is 15.6. The van der Waals surface area contributed by atoms with Crippen LogP contribution in [0.25, 0.3) is 0 Å². The van der Waals surface area contributed by atoms with Crippen molar-refractivity contribution in [3.05, 3.63) is 72.3 Å². The number of benzene rings is 2. The highest BCUT2D eigenvalue weighted by Crippen LogP contribution is 2.33. The van der Waals surface area contributed by atoms with Gasteiger partial charge >= 0.3 is 0 Å². The van der Waals surface area contributed by atoms with Crippen molar-refractivity contribution in [3.63, 3.8) is 0 Å². The van der Waals surface area contributed by atoms with Crippen molar-refractivity contribution in [2.75, 3.05) is 33.3 Å². The minimum atomic E-state index is 0. The summed E-state index contributed by atoms with van der Waals surface area (Å²) in [6.07, 6.45) is 2.01.